The van der Waals surface area contributed by atoms with Gasteiger partial charge in [-0.2, -0.15) is 40.3 Å². The van der Waals surface area contributed by atoms with Gasteiger partial charge in [-0.1, -0.05) is 13.2 Å². The van der Waals surface area contributed by atoms with Crippen LogP contribution in [0.5, 0.6) is 0 Å². The molecule has 0 aromatic carbocycles. The lowest BCUT2D eigenvalue weighted by Gasteiger charge is -2.11. The van der Waals surface area contributed by atoms with Crippen LogP contribution in [-0.2, 0) is 35.8 Å². The van der Waals surface area contributed by atoms with Gasteiger partial charge in [-0.15, -0.1) is 0 Å². The van der Waals surface area contributed by atoms with Gasteiger partial charge in [0.2, 0.25) is 35.6 Å². The molecule has 4 aliphatic rings. The van der Waals surface area contributed by atoms with E-state index in [-0.39, 0.29) is 11.8 Å². The molecule has 0 spiro atoms. The average Bonchev–Trinajstić information content (AvgIpc) is 3.75. The molecule has 8 rings (SSSR count). The Morgan fingerprint density at radius 3 is 1.50 bits per heavy atom. The van der Waals surface area contributed by atoms with Crippen LogP contribution in [0.1, 0.15) is 61.8 Å². The number of aryl methyl sites for hydroxylation is 7. The highest BCUT2D eigenvalue weighted by Crippen LogP contribution is 2.17. The van der Waals surface area contributed by atoms with Crippen molar-refractivity contribution in [1.29, 1.82) is 0 Å². The van der Waals surface area contributed by atoms with Crippen LogP contribution >= 0.6 is 0 Å². The minimum absolute atomic E-state index is 0.0184. The van der Waals surface area contributed by atoms with Gasteiger partial charge in [-0.25, -0.2) is 18.7 Å². The molecule has 8 heterocycles. The Bertz CT molecular complexity index is 1720. The molecule has 4 aliphatic heterocycles. The molecule has 4 aromatic heterocycles. The summed E-state index contributed by atoms with van der Waals surface area (Å²) in [7, 11) is 0. The van der Waals surface area contributed by atoms with Crippen LogP contribution in [0.15, 0.2) is 24.6 Å². The molecule has 4 N–H and O–H groups in total. The molecule has 4 aromatic rings. The van der Waals surface area contributed by atoms with E-state index in [1.54, 1.807) is 21.0 Å². The van der Waals surface area contributed by atoms with Crippen molar-refractivity contribution in [2.24, 2.45) is 0 Å². The summed E-state index contributed by atoms with van der Waals surface area (Å²) in [5.74, 6) is 5.86. The van der Waals surface area contributed by atoms with E-state index in [4.69, 9.17) is 0 Å². The van der Waals surface area contributed by atoms with Gasteiger partial charge in [-0.05, 0) is 53.4 Å². The zero-order chi connectivity index (χ0) is 32.8. The first-order valence-corrected chi connectivity index (χ1v) is 15.2. The molecule has 18 heteroatoms. The first-order valence-electron chi connectivity index (χ1n) is 15.2. The maximum absolute atomic E-state index is 11.2. The predicted molar refractivity (Wildman–Crippen MR) is 170 cm³/mol. The summed E-state index contributed by atoms with van der Waals surface area (Å²) in [5, 5.41) is 28.1. The molecule has 2 amide bonds. The number of carbonyl (C=O) groups excluding carboxylic acids is 2. The van der Waals surface area contributed by atoms with E-state index in [0.717, 1.165) is 80.3 Å². The maximum atomic E-state index is 11.2. The van der Waals surface area contributed by atoms with E-state index in [1.165, 1.54) is 0 Å². The summed E-state index contributed by atoms with van der Waals surface area (Å²) in [6, 6.07) is 0. The summed E-state index contributed by atoms with van der Waals surface area (Å²) < 4.78 is 7.16. The Labute approximate surface area is 265 Å². The van der Waals surface area contributed by atoms with Crippen molar-refractivity contribution < 1.29 is 9.59 Å². The summed E-state index contributed by atoms with van der Waals surface area (Å²) >= 11 is 0. The number of carbonyl (C=O) groups is 2. The highest BCUT2D eigenvalue weighted by atomic mass is 16.2. The van der Waals surface area contributed by atoms with Crippen molar-refractivity contribution in [1.82, 2.24) is 59.1 Å². The molecule has 46 heavy (non-hydrogen) atoms. The van der Waals surface area contributed by atoms with Crippen LogP contribution in [0.2, 0.25) is 0 Å². The van der Waals surface area contributed by atoms with Gasteiger partial charge >= 0.3 is 0 Å². The highest BCUT2D eigenvalue weighted by Gasteiger charge is 2.17. The van der Waals surface area contributed by atoms with Gasteiger partial charge in [-0.3, -0.25) is 20.2 Å². The fourth-order valence-electron chi connectivity index (χ4n) is 4.94. The van der Waals surface area contributed by atoms with Crippen molar-refractivity contribution in [3.05, 3.63) is 47.8 Å². The molecule has 0 atom stereocenters. The maximum Gasteiger partial charge on any atom is 0.228 e. The summed E-state index contributed by atoms with van der Waals surface area (Å²) in [5.41, 5.74) is 1.98. The molecule has 0 saturated carbocycles. The van der Waals surface area contributed by atoms with Gasteiger partial charge in [0.05, 0.1) is 13.1 Å². The minimum Gasteiger partial charge on any atom is -0.329 e. The normalized spacial score (nSPS) is 16.3. The van der Waals surface area contributed by atoms with Gasteiger partial charge < -0.3 is 10.6 Å². The monoisotopic (exact) mass is 632 g/mol. The lowest BCUT2D eigenvalue weighted by atomic mass is 10.2. The Kier molecular flexibility index (Phi) is 9.82. The Balaban J connectivity index is 0.000000121. The quantitative estimate of drug-likeness (QED) is 0.221. The van der Waals surface area contributed by atoms with Crippen LogP contribution in [0.4, 0.5) is 23.8 Å². The highest BCUT2D eigenvalue weighted by molar-refractivity contribution is 5.90. The second-order valence-electron chi connectivity index (χ2n) is 11.1. The number of amides is 2. The van der Waals surface area contributed by atoms with Crippen molar-refractivity contribution in [2.75, 3.05) is 21.3 Å². The molecule has 0 radical (unpaired) electrons. The number of nitrogens with one attached hydrogen (secondary N) is 4. The number of hydrogen-bond acceptors (Lipinski definition) is 12. The third-order valence-electron chi connectivity index (χ3n) is 6.95. The smallest absolute Gasteiger partial charge is 0.228 e. The lowest BCUT2D eigenvalue weighted by Crippen LogP contribution is -2.23. The Morgan fingerprint density at radius 1 is 0.500 bits per heavy atom. The van der Waals surface area contributed by atoms with E-state index in [2.05, 4.69) is 74.8 Å². The first-order chi connectivity index (χ1) is 22.0. The summed E-state index contributed by atoms with van der Waals surface area (Å²) in [4.78, 5) is 38.6. The number of nitrogens with zero attached hydrogens (tertiary/aromatic N) is 12. The zero-order valence-corrected chi connectivity index (χ0v) is 26.7. The topological polar surface area (TPSA) is 205 Å². The van der Waals surface area contributed by atoms with Crippen LogP contribution in [-0.4, -0.2) is 70.9 Å². The molecule has 244 valence electrons. The van der Waals surface area contributed by atoms with E-state index in [9.17, 15) is 9.59 Å². The van der Waals surface area contributed by atoms with Crippen molar-refractivity contribution in [3.8, 4) is 0 Å². The van der Waals surface area contributed by atoms with E-state index in [1.807, 2.05) is 25.5 Å². The average molecular weight is 633 g/mol. The molecule has 0 aliphatic carbocycles. The van der Waals surface area contributed by atoms with Gasteiger partial charge in [0.25, 0.3) is 0 Å². The number of hydrogen-bond donors (Lipinski definition) is 4. The molecular weight excluding hydrogens is 592 g/mol. The second-order valence-corrected chi connectivity index (χ2v) is 11.1. The fraction of sp³-hybridized carbons (Fsp3) is 0.500. The molecule has 0 saturated heterocycles. The van der Waals surface area contributed by atoms with Crippen LogP contribution in [0.3, 0.4) is 0 Å². The van der Waals surface area contributed by atoms with Gasteiger partial charge in [0.1, 0.15) is 23.3 Å². The Morgan fingerprint density at radius 2 is 0.935 bits per heavy atom. The van der Waals surface area contributed by atoms with Gasteiger partial charge in [0.15, 0.2) is 0 Å². The molecule has 0 fully saturated rings. The number of anilines is 4. The summed E-state index contributed by atoms with van der Waals surface area (Å²) in [6.45, 7) is 18.2. The van der Waals surface area contributed by atoms with E-state index >= 15 is 0 Å². The van der Waals surface area contributed by atoms with Gasteiger partial charge in [0, 0.05) is 37.3 Å². The predicted octanol–water partition coefficient (Wildman–Crippen LogP) is 2.47. The van der Waals surface area contributed by atoms with Crippen molar-refractivity contribution in [3.63, 3.8) is 0 Å². The largest absolute Gasteiger partial charge is 0.329 e. The molecule has 0 unspecified atom stereocenters. The lowest BCUT2D eigenvalue weighted by molar-refractivity contribution is -0.117. The third-order valence-corrected chi connectivity index (χ3v) is 6.95. The second kappa shape index (κ2) is 14.1. The standard InChI is InChI=1S/C8H12N4O.C8H12N4.C6H8N4O.C6H8N4/c1-6-9-8-10-7(13)4-2-3-5-12(8)11-6;1-6-4-3-5-12-8(9-6)10-7(2)11-12;1-4-7-6-8-5(11)2-3-10(6)9-4;1-4-3-10-6(7-4)8-5(2)9-10/h2-5H2,1H3,(H,9,10,11,13);1,3-5H2,2H3,(H,9,10,11);2-3H2,1H3,(H,7,8,9,11);1,3H2,2H3,(H,7,8,9). The van der Waals surface area contributed by atoms with Crippen molar-refractivity contribution >= 4 is 35.6 Å². The number of aromatic nitrogens is 12. The fourth-order valence-corrected chi connectivity index (χ4v) is 4.94. The van der Waals surface area contributed by atoms with Crippen LogP contribution in [0, 0.1) is 27.7 Å². The SMILES string of the molecule is C=C1CCCn2nc(C)nc2N1.C=C1Cn2nc(C)nc2N1.Cc1nc2n(n1)CCC(=O)N2.Cc1nc2n(n1)CCCCC(=O)N2. The third kappa shape index (κ3) is 8.39. The van der Waals surface area contributed by atoms with E-state index < -0.39 is 0 Å². The van der Waals surface area contributed by atoms with E-state index in [0.29, 0.717) is 42.9 Å². The molecule has 18 nitrogen and oxygen atoms in total. The minimum atomic E-state index is 0.0184. The van der Waals surface area contributed by atoms with Crippen molar-refractivity contribution in [2.45, 2.75) is 92.4 Å². The summed E-state index contributed by atoms with van der Waals surface area (Å²) in [6.07, 6.45) is 5.08. The first kappa shape index (κ1) is 32.0. The molecule has 0 bridgehead atoms. The number of rotatable bonds is 0. The number of allylic oxidation sites excluding steroid dienone is 2. The molecular formula is C28H40N16O2. The Hall–Kier alpha value is -5.42. The van der Waals surface area contributed by atoms with Crippen LogP contribution in [0.25, 0.3) is 0 Å². The van der Waals surface area contributed by atoms with Crippen LogP contribution < -0.4 is 21.3 Å². The zero-order valence-electron chi connectivity index (χ0n) is 26.7. The number of fused-ring (bicyclic) bond motifs is 4.